The third-order valence-electron chi connectivity index (χ3n) is 3.90. The van der Waals surface area contributed by atoms with Gasteiger partial charge in [-0.25, -0.2) is 0 Å². The maximum Gasteiger partial charge on any atom is 0.223 e. The summed E-state index contributed by atoms with van der Waals surface area (Å²) in [5, 5.41) is 0.216. The minimum Gasteiger partial charge on any atom is -0.370 e. The topological polar surface area (TPSA) is 40.6 Å². The van der Waals surface area contributed by atoms with Crippen molar-refractivity contribution < 1.29 is 9.59 Å². The van der Waals surface area contributed by atoms with E-state index in [9.17, 15) is 9.59 Å². The zero-order valence-corrected chi connectivity index (χ0v) is 14.4. The third kappa shape index (κ3) is 4.50. The fourth-order valence-corrected chi connectivity index (χ4v) is 3.75. The van der Waals surface area contributed by atoms with Crippen LogP contribution in [0.2, 0.25) is 0 Å². The van der Waals surface area contributed by atoms with Crippen molar-refractivity contribution in [3.8, 4) is 0 Å². The number of benzene rings is 1. The number of rotatable bonds is 6. The van der Waals surface area contributed by atoms with Gasteiger partial charge >= 0.3 is 0 Å². The standard InChI is InChI=1S/C17H24N2O2S/c1-4-18(15-7-5-6-13(2)10-15)8-9-19-12-16(11-17(19)21)22-14(3)20/h5-7,10,16H,4,8-9,11-12H2,1-3H3. The zero-order valence-electron chi connectivity index (χ0n) is 13.5. The van der Waals surface area contributed by atoms with E-state index in [0.29, 0.717) is 13.0 Å². The molecule has 1 saturated heterocycles. The minimum absolute atomic E-state index is 0.0922. The van der Waals surface area contributed by atoms with Crippen LogP contribution in [0.5, 0.6) is 0 Å². The van der Waals surface area contributed by atoms with E-state index in [1.54, 1.807) is 6.92 Å². The second-order valence-electron chi connectivity index (χ2n) is 5.69. The van der Waals surface area contributed by atoms with Crippen LogP contribution in [0.4, 0.5) is 5.69 Å². The minimum atomic E-state index is 0.0922. The predicted octanol–water partition coefficient (Wildman–Crippen LogP) is 2.70. The Morgan fingerprint density at radius 3 is 2.86 bits per heavy atom. The molecule has 0 saturated carbocycles. The molecule has 2 rings (SSSR count). The molecule has 1 fully saturated rings. The highest BCUT2D eigenvalue weighted by Crippen LogP contribution is 2.24. The Balaban J connectivity index is 1.91. The number of likely N-dealkylation sites (tertiary alicyclic amines) is 1. The highest BCUT2D eigenvalue weighted by molar-refractivity contribution is 8.14. The van der Waals surface area contributed by atoms with Gasteiger partial charge in [0.15, 0.2) is 5.12 Å². The normalized spacial score (nSPS) is 17.9. The van der Waals surface area contributed by atoms with Crippen LogP contribution < -0.4 is 4.90 Å². The molecular weight excluding hydrogens is 296 g/mol. The molecule has 0 N–H and O–H groups in total. The SMILES string of the molecule is CCN(CCN1CC(SC(C)=O)CC1=O)c1cccc(C)c1. The number of hydrogen-bond acceptors (Lipinski definition) is 4. The van der Waals surface area contributed by atoms with Crippen molar-refractivity contribution in [3.63, 3.8) is 0 Å². The van der Waals surface area contributed by atoms with Crippen LogP contribution >= 0.6 is 11.8 Å². The molecule has 0 aromatic heterocycles. The molecule has 1 amide bonds. The lowest BCUT2D eigenvalue weighted by molar-refractivity contribution is -0.127. The number of amides is 1. The van der Waals surface area contributed by atoms with Crippen molar-refractivity contribution in [2.75, 3.05) is 31.1 Å². The summed E-state index contributed by atoms with van der Waals surface area (Å²) in [6, 6.07) is 8.43. The lowest BCUT2D eigenvalue weighted by atomic mass is 10.2. The Morgan fingerprint density at radius 2 is 2.23 bits per heavy atom. The third-order valence-corrected chi connectivity index (χ3v) is 4.88. The second-order valence-corrected chi connectivity index (χ2v) is 7.17. The molecule has 1 heterocycles. The van der Waals surface area contributed by atoms with Crippen LogP contribution in [-0.2, 0) is 9.59 Å². The van der Waals surface area contributed by atoms with Gasteiger partial charge in [-0.1, -0.05) is 23.9 Å². The molecule has 1 atom stereocenters. The van der Waals surface area contributed by atoms with Crippen LogP contribution in [-0.4, -0.2) is 47.4 Å². The summed E-state index contributed by atoms with van der Waals surface area (Å²) < 4.78 is 0. The number of carbonyl (C=O) groups is 2. The summed E-state index contributed by atoms with van der Waals surface area (Å²) in [5.74, 6) is 0.166. The quantitative estimate of drug-likeness (QED) is 0.808. The van der Waals surface area contributed by atoms with Crippen LogP contribution in [0.1, 0.15) is 25.8 Å². The van der Waals surface area contributed by atoms with Gasteiger partial charge in [-0.05, 0) is 31.5 Å². The number of anilines is 1. The van der Waals surface area contributed by atoms with E-state index >= 15 is 0 Å². The summed E-state index contributed by atoms with van der Waals surface area (Å²) in [6.45, 7) is 8.92. The van der Waals surface area contributed by atoms with Gasteiger partial charge in [0.05, 0.1) is 0 Å². The van der Waals surface area contributed by atoms with Crippen molar-refractivity contribution in [1.82, 2.24) is 4.90 Å². The Labute approximate surface area is 136 Å². The first-order chi connectivity index (χ1) is 10.5. The fraction of sp³-hybridized carbons (Fsp3) is 0.529. The number of carbonyl (C=O) groups excluding carboxylic acids is 2. The summed E-state index contributed by atoms with van der Waals surface area (Å²) in [6.07, 6.45) is 0.487. The highest BCUT2D eigenvalue weighted by atomic mass is 32.2. The monoisotopic (exact) mass is 320 g/mol. The van der Waals surface area contributed by atoms with E-state index in [1.165, 1.54) is 23.0 Å². The van der Waals surface area contributed by atoms with Crippen molar-refractivity contribution in [2.24, 2.45) is 0 Å². The van der Waals surface area contributed by atoms with Gasteiger partial charge < -0.3 is 9.80 Å². The lowest BCUT2D eigenvalue weighted by Crippen LogP contribution is -2.36. The van der Waals surface area contributed by atoms with Gasteiger partial charge in [0.1, 0.15) is 0 Å². The van der Waals surface area contributed by atoms with E-state index in [-0.39, 0.29) is 16.3 Å². The molecule has 1 aliphatic rings. The van der Waals surface area contributed by atoms with Crippen LogP contribution in [0.15, 0.2) is 24.3 Å². The Morgan fingerprint density at radius 1 is 1.45 bits per heavy atom. The van der Waals surface area contributed by atoms with Crippen molar-refractivity contribution in [2.45, 2.75) is 32.4 Å². The lowest BCUT2D eigenvalue weighted by Gasteiger charge is -2.26. The summed E-state index contributed by atoms with van der Waals surface area (Å²) >= 11 is 1.29. The van der Waals surface area contributed by atoms with Gasteiger partial charge in [0.2, 0.25) is 5.91 Å². The second kappa shape index (κ2) is 7.68. The smallest absolute Gasteiger partial charge is 0.223 e. The van der Waals surface area contributed by atoms with Gasteiger partial charge in [-0.3, -0.25) is 9.59 Å². The molecule has 5 heteroatoms. The van der Waals surface area contributed by atoms with E-state index in [1.807, 2.05) is 4.90 Å². The summed E-state index contributed by atoms with van der Waals surface area (Å²) in [7, 11) is 0. The van der Waals surface area contributed by atoms with Gasteiger partial charge in [-0.2, -0.15) is 0 Å². The first-order valence-electron chi connectivity index (χ1n) is 7.76. The molecule has 1 aliphatic heterocycles. The maximum absolute atomic E-state index is 12.0. The molecule has 1 aromatic carbocycles. The zero-order chi connectivity index (χ0) is 16.1. The summed E-state index contributed by atoms with van der Waals surface area (Å²) in [4.78, 5) is 27.4. The predicted molar refractivity (Wildman–Crippen MR) is 92.3 cm³/mol. The Hall–Kier alpha value is -1.49. The van der Waals surface area contributed by atoms with Gasteiger partial charge in [0, 0.05) is 50.5 Å². The fourth-order valence-electron chi connectivity index (χ4n) is 2.80. The average Bonchev–Trinajstić information content (AvgIpc) is 2.79. The molecule has 0 radical (unpaired) electrons. The number of aryl methyl sites for hydroxylation is 1. The Kier molecular flexibility index (Phi) is 5.89. The largest absolute Gasteiger partial charge is 0.370 e. The first kappa shape index (κ1) is 16.9. The number of nitrogens with zero attached hydrogens (tertiary/aromatic N) is 2. The first-order valence-corrected chi connectivity index (χ1v) is 8.64. The molecular formula is C17H24N2O2S. The Bertz CT molecular complexity index is 547. The summed E-state index contributed by atoms with van der Waals surface area (Å²) in [5.41, 5.74) is 2.44. The molecule has 22 heavy (non-hydrogen) atoms. The van der Waals surface area contributed by atoms with E-state index in [0.717, 1.165) is 19.6 Å². The van der Waals surface area contributed by atoms with Gasteiger partial charge in [-0.15, -0.1) is 0 Å². The molecule has 1 unspecified atom stereocenters. The number of thioether (sulfide) groups is 1. The molecule has 120 valence electrons. The highest BCUT2D eigenvalue weighted by Gasteiger charge is 2.30. The van der Waals surface area contributed by atoms with E-state index in [2.05, 4.69) is 43.0 Å². The van der Waals surface area contributed by atoms with Crippen molar-refractivity contribution >= 4 is 28.5 Å². The average molecular weight is 320 g/mol. The van der Waals surface area contributed by atoms with Crippen LogP contribution in [0.25, 0.3) is 0 Å². The maximum atomic E-state index is 12.0. The number of hydrogen-bond donors (Lipinski definition) is 0. The van der Waals surface area contributed by atoms with Gasteiger partial charge in [0.25, 0.3) is 0 Å². The molecule has 0 aliphatic carbocycles. The molecule has 4 nitrogen and oxygen atoms in total. The molecule has 1 aromatic rings. The van der Waals surface area contributed by atoms with Crippen LogP contribution in [0.3, 0.4) is 0 Å². The van der Waals surface area contributed by atoms with Crippen LogP contribution in [0, 0.1) is 6.92 Å². The molecule has 0 bridgehead atoms. The molecule has 0 spiro atoms. The van der Waals surface area contributed by atoms with Crippen molar-refractivity contribution in [3.05, 3.63) is 29.8 Å². The van der Waals surface area contributed by atoms with E-state index in [4.69, 9.17) is 0 Å². The van der Waals surface area contributed by atoms with Crippen molar-refractivity contribution in [1.29, 1.82) is 0 Å². The van der Waals surface area contributed by atoms with E-state index < -0.39 is 0 Å². The number of likely N-dealkylation sites (N-methyl/N-ethyl adjacent to an activating group) is 1.